The fraction of sp³-hybridized carbons (Fsp3) is 0.500. The highest BCUT2D eigenvalue weighted by molar-refractivity contribution is 6.11. The number of rotatable bonds is 5. The molecule has 5 heteroatoms. The molecule has 5 nitrogen and oxygen atoms in total. The maximum atomic E-state index is 12.6. The van der Waals surface area contributed by atoms with Gasteiger partial charge < -0.3 is 5.32 Å². The number of nitrogens with one attached hydrogen (secondary N) is 1. The van der Waals surface area contributed by atoms with Crippen molar-refractivity contribution in [3.63, 3.8) is 0 Å². The number of Topliss-reactive ketones (excluding diaryl/α,β-unsaturated/α-hetero) is 1. The van der Waals surface area contributed by atoms with Gasteiger partial charge in [0.15, 0.2) is 5.78 Å². The Morgan fingerprint density at radius 1 is 1.26 bits per heavy atom. The summed E-state index contributed by atoms with van der Waals surface area (Å²) in [4.78, 5) is 38.3. The van der Waals surface area contributed by atoms with Crippen molar-refractivity contribution in [3.8, 4) is 0 Å². The second-order valence-corrected chi connectivity index (χ2v) is 6.99. The Labute approximate surface area is 137 Å². The SMILES string of the molecule is Cc1ccc(C)c(C(=O)CN2C(=O)N[C@@](C)(CC(C)C)C2=O)c1. The number of urea groups is 1. The minimum Gasteiger partial charge on any atom is -0.323 e. The van der Waals surface area contributed by atoms with Crippen LogP contribution in [0.4, 0.5) is 4.79 Å². The van der Waals surface area contributed by atoms with Crippen molar-refractivity contribution >= 4 is 17.7 Å². The van der Waals surface area contributed by atoms with Gasteiger partial charge in [0, 0.05) is 5.56 Å². The number of carbonyl (C=O) groups excluding carboxylic acids is 3. The van der Waals surface area contributed by atoms with Gasteiger partial charge in [-0.1, -0.05) is 31.5 Å². The Bertz CT molecular complexity index is 666. The number of nitrogens with zero attached hydrogens (tertiary/aromatic N) is 1. The third kappa shape index (κ3) is 3.44. The van der Waals surface area contributed by atoms with Gasteiger partial charge in [-0.3, -0.25) is 14.5 Å². The summed E-state index contributed by atoms with van der Waals surface area (Å²) in [6, 6.07) is 5.11. The van der Waals surface area contributed by atoms with E-state index in [9.17, 15) is 14.4 Å². The number of ketones is 1. The average Bonchev–Trinajstić information content (AvgIpc) is 2.64. The summed E-state index contributed by atoms with van der Waals surface area (Å²) < 4.78 is 0. The van der Waals surface area contributed by atoms with Crippen molar-refractivity contribution in [3.05, 3.63) is 34.9 Å². The Balaban J connectivity index is 2.20. The molecule has 1 saturated heterocycles. The minimum absolute atomic E-state index is 0.219. The highest BCUT2D eigenvalue weighted by Gasteiger charge is 2.48. The molecule has 0 aromatic heterocycles. The molecule has 0 bridgehead atoms. The molecule has 1 heterocycles. The first kappa shape index (κ1) is 17.2. The quantitative estimate of drug-likeness (QED) is 0.671. The summed E-state index contributed by atoms with van der Waals surface area (Å²) in [5.41, 5.74) is 1.45. The Morgan fingerprint density at radius 2 is 1.91 bits per heavy atom. The van der Waals surface area contributed by atoms with Crippen molar-refractivity contribution < 1.29 is 14.4 Å². The lowest BCUT2D eigenvalue weighted by Gasteiger charge is -2.23. The van der Waals surface area contributed by atoms with Crippen molar-refractivity contribution in [1.29, 1.82) is 0 Å². The van der Waals surface area contributed by atoms with Crippen LogP contribution < -0.4 is 5.32 Å². The molecule has 0 saturated carbocycles. The number of hydrogen-bond donors (Lipinski definition) is 1. The molecule has 0 aliphatic carbocycles. The summed E-state index contributed by atoms with van der Waals surface area (Å²) >= 11 is 0. The summed E-state index contributed by atoms with van der Waals surface area (Å²) in [7, 11) is 0. The number of carbonyl (C=O) groups is 3. The number of imide groups is 1. The molecular weight excluding hydrogens is 292 g/mol. The van der Waals surface area contributed by atoms with E-state index in [-0.39, 0.29) is 24.2 Å². The molecule has 1 aliphatic rings. The first-order valence-corrected chi connectivity index (χ1v) is 7.88. The van der Waals surface area contributed by atoms with Gasteiger partial charge in [-0.15, -0.1) is 0 Å². The molecule has 1 aromatic rings. The lowest BCUT2D eigenvalue weighted by molar-refractivity contribution is -0.131. The maximum Gasteiger partial charge on any atom is 0.325 e. The van der Waals surface area contributed by atoms with Crippen LogP contribution in [0.3, 0.4) is 0 Å². The van der Waals surface area contributed by atoms with Gasteiger partial charge in [0.2, 0.25) is 0 Å². The van der Waals surface area contributed by atoms with Crippen molar-refractivity contribution in [2.24, 2.45) is 5.92 Å². The van der Waals surface area contributed by atoms with Gasteiger partial charge in [-0.05, 0) is 44.7 Å². The molecule has 1 N–H and O–H groups in total. The van der Waals surface area contributed by atoms with Crippen LogP contribution in [0, 0.1) is 19.8 Å². The van der Waals surface area contributed by atoms with Crippen LogP contribution in [0.5, 0.6) is 0 Å². The fourth-order valence-electron chi connectivity index (χ4n) is 3.11. The standard InChI is InChI=1S/C18H24N2O3/c1-11(2)9-18(5)16(22)20(17(23)19-18)10-15(21)14-8-12(3)6-7-13(14)4/h6-8,11H,9-10H2,1-5H3,(H,19,23)/t18-/m0/s1. The van der Waals surface area contributed by atoms with Gasteiger partial charge >= 0.3 is 6.03 Å². The van der Waals surface area contributed by atoms with Crippen molar-refractivity contribution in [1.82, 2.24) is 10.2 Å². The molecule has 1 aliphatic heterocycles. The first-order chi connectivity index (χ1) is 10.6. The average molecular weight is 316 g/mol. The normalized spacial score (nSPS) is 21.0. The molecule has 23 heavy (non-hydrogen) atoms. The highest BCUT2D eigenvalue weighted by atomic mass is 16.2. The number of hydrogen-bond acceptors (Lipinski definition) is 3. The first-order valence-electron chi connectivity index (χ1n) is 7.88. The van der Waals surface area contributed by atoms with Crippen LogP contribution in [0.1, 0.15) is 48.7 Å². The van der Waals surface area contributed by atoms with Gasteiger partial charge in [0.1, 0.15) is 5.54 Å². The van der Waals surface area contributed by atoms with Gasteiger partial charge in [-0.25, -0.2) is 4.79 Å². The van der Waals surface area contributed by atoms with Gasteiger partial charge in [-0.2, -0.15) is 0 Å². The zero-order chi connectivity index (χ0) is 17.4. The second kappa shape index (κ2) is 6.14. The Kier molecular flexibility index (Phi) is 4.59. The number of amides is 3. The topological polar surface area (TPSA) is 66.5 Å². The van der Waals surface area contributed by atoms with E-state index in [1.165, 1.54) is 0 Å². The van der Waals surface area contributed by atoms with Crippen LogP contribution >= 0.6 is 0 Å². The van der Waals surface area contributed by atoms with Crippen molar-refractivity contribution in [2.45, 2.75) is 46.6 Å². The zero-order valence-electron chi connectivity index (χ0n) is 14.4. The van der Waals surface area contributed by atoms with Crippen LogP contribution in [0.2, 0.25) is 0 Å². The summed E-state index contributed by atoms with van der Waals surface area (Å²) in [5.74, 6) is -0.280. The fourth-order valence-corrected chi connectivity index (χ4v) is 3.11. The maximum absolute atomic E-state index is 12.6. The largest absolute Gasteiger partial charge is 0.325 e. The second-order valence-electron chi connectivity index (χ2n) is 6.99. The van der Waals surface area contributed by atoms with E-state index < -0.39 is 11.6 Å². The molecule has 1 fully saturated rings. The number of aryl methyl sites for hydroxylation is 2. The molecule has 0 spiro atoms. The van der Waals surface area contributed by atoms with Gasteiger partial charge in [0.25, 0.3) is 5.91 Å². The highest BCUT2D eigenvalue weighted by Crippen LogP contribution is 2.25. The van der Waals surface area contributed by atoms with Crippen LogP contribution in [-0.2, 0) is 4.79 Å². The van der Waals surface area contributed by atoms with Crippen molar-refractivity contribution in [2.75, 3.05) is 6.54 Å². The lowest BCUT2D eigenvalue weighted by Crippen LogP contribution is -2.45. The van der Waals surface area contributed by atoms with Crippen LogP contribution in [-0.4, -0.2) is 34.7 Å². The molecule has 2 rings (SSSR count). The summed E-state index contributed by atoms with van der Waals surface area (Å²) in [5, 5.41) is 2.73. The van der Waals surface area contributed by atoms with E-state index in [1.807, 2.05) is 39.8 Å². The van der Waals surface area contributed by atoms with Crippen LogP contribution in [0.25, 0.3) is 0 Å². The van der Waals surface area contributed by atoms with Gasteiger partial charge in [0.05, 0.1) is 6.54 Å². The third-order valence-corrected chi connectivity index (χ3v) is 4.16. The van der Waals surface area contributed by atoms with E-state index in [2.05, 4.69) is 5.32 Å². The van der Waals surface area contributed by atoms with Crippen LogP contribution in [0.15, 0.2) is 18.2 Å². The molecular formula is C18H24N2O3. The Hall–Kier alpha value is -2.17. The predicted octanol–water partition coefficient (Wildman–Crippen LogP) is 2.84. The minimum atomic E-state index is -0.923. The molecule has 3 amide bonds. The van der Waals surface area contributed by atoms with E-state index >= 15 is 0 Å². The summed E-state index contributed by atoms with van der Waals surface area (Å²) in [6.07, 6.45) is 0.547. The molecule has 0 unspecified atom stereocenters. The smallest absolute Gasteiger partial charge is 0.323 e. The molecule has 1 aromatic carbocycles. The monoisotopic (exact) mass is 316 g/mol. The van der Waals surface area contributed by atoms with E-state index in [0.29, 0.717) is 12.0 Å². The Morgan fingerprint density at radius 3 is 2.52 bits per heavy atom. The molecule has 1 atom stereocenters. The van der Waals surface area contributed by atoms with E-state index in [4.69, 9.17) is 0 Å². The van der Waals surface area contributed by atoms with E-state index in [0.717, 1.165) is 16.0 Å². The third-order valence-electron chi connectivity index (χ3n) is 4.16. The molecule has 0 radical (unpaired) electrons. The zero-order valence-corrected chi connectivity index (χ0v) is 14.4. The summed E-state index contributed by atoms with van der Waals surface area (Å²) in [6.45, 7) is 9.24. The molecule has 124 valence electrons. The van der Waals surface area contributed by atoms with E-state index in [1.54, 1.807) is 13.0 Å². The number of benzene rings is 1. The predicted molar refractivity (Wildman–Crippen MR) is 88.4 cm³/mol. The lowest BCUT2D eigenvalue weighted by atomic mass is 9.91.